The van der Waals surface area contributed by atoms with Gasteiger partial charge >= 0.3 is 0 Å². The van der Waals surface area contributed by atoms with E-state index < -0.39 is 0 Å². The number of fused-ring (bicyclic) bond motifs is 1. The van der Waals surface area contributed by atoms with E-state index in [-0.39, 0.29) is 23.7 Å². The lowest BCUT2D eigenvalue weighted by molar-refractivity contribution is 0.0911. The lowest BCUT2D eigenvalue weighted by atomic mass is 9.83. The van der Waals surface area contributed by atoms with Gasteiger partial charge in [0, 0.05) is 18.5 Å². The zero-order valence-electron chi connectivity index (χ0n) is 14.4. The molecular weight excluding hydrogens is 330 g/mol. The number of nitrogens with zero attached hydrogens (tertiary/aromatic N) is 4. The summed E-state index contributed by atoms with van der Waals surface area (Å²) in [7, 11) is 1.51. The molecule has 0 unspecified atom stereocenters. The van der Waals surface area contributed by atoms with Crippen molar-refractivity contribution in [3.8, 4) is 5.88 Å². The van der Waals surface area contributed by atoms with E-state index in [1.54, 1.807) is 24.7 Å². The largest absolute Gasteiger partial charge is 0.480 e. The Morgan fingerprint density at radius 1 is 1.23 bits per heavy atom. The molecule has 0 spiro atoms. The molecule has 0 aliphatic heterocycles. The van der Waals surface area contributed by atoms with Crippen molar-refractivity contribution < 1.29 is 9.53 Å². The maximum absolute atomic E-state index is 12.8. The molecular formula is C19H19N5O2. The Morgan fingerprint density at radius 3 is 2.85 bits per heavy atom. The quantitative estimate of drug-likeness (QED) is 0.782. The van der Waals surface area contributed by atoms with E-state index >= 15 is 0 Å². The van der Waals surface area contributed by atoms with Crippen molar-refractivity contribution in [1.29, 1.82) is 0 Å². The van der Waals surface area contributed by atoms with Crippen LogP contribution in [0, 0.1) is 0 Å². The van der Waals surface area contributed by atoms with Crippen LogP contribution in [0.3, 0.4) is 0 Å². The number of benzene rings is 1. The van der Waals surface area contributed by atoms with E-state index in [0.29, 0.717) is 5.88 Å². The average Bonchev–Trinajstić information content (AvgIpc) is 3.23. The summed E-state index contributed by atoms with van der Waals surface area (Å²) >= 11 is 0. The second-order valence-corrected chi connectivity index (χ2v) is 6.23. The number of carbonyl (C=O) groups excluding carboxylic acids is 1. The summed E-state index contributed by atoms with van der Waals surface area (Å²) in [4.78, 5) is 16.9. The van der Waals surface area contributed by atoms with E-state index in [1.165, 1.54) is 12.7 Å². The maximum Gasteiger partial charge on any atom is 0.272 e. The van der Waals surface area contributed by atoms with Crippen LogP contribution in [0.2, 0.25) is 0 Å². The van der Waals surface area contributed by atoms with Crippen LogP contribution in [0.15, 0.2) is 55.1 Å². The summed E-state index contributed by atoms with van der Waals surface area (Å²) in [6.45, 7) is 0. The van der Waals surface area contributed by atoms with E-state index in [2.05, 4.69) is 37.2 Å². The van der Waals surface area contributed by atoms with Gasteiger partial charge in [-0.1, -0.05) is 24.3 Å². The van der Waals surface area contributed by atoms with Crippen molar-refractivity contribution in [3.63, 3.8) is 0 Å². The van der Waals surface area contributed by atoms with Gasteiger partial charge in [-0.2, -0.15) is 0 Å². The third-order valence-corrected chi connectivity index (χ3v) is 4.76. The molecule has 0 bridgehead atoms. The van der Waals surface area contributed by atoms with Gasteiger partial charge in [-0.15, -0.1) is 10.2 Å². The van der Waals surface area contributed by atoms with Gasteiger partial charge in [-0.3, -0.25) is 4.79 Å². The fourth-order valence-corrected chi connectivity index (χ4v) is 3.47. The number of aryl methyl sites for hydroxylation is 1. The molecule has 3 aromatic rings. The number of hydrogen-bond acceptors (Lipinski definition) is 5. The van der Waals surface area contributed by atoms with Crippen molar-refractivity contribution in [2.24, 2.45) is 0 Å². The number of ether oxygens (including phenoxy) is 1. The summed E-state index contributed by atoms with van der Waals surface area (Å²) in [6, 6.07) is 11.4. The standard InChI is InChI=1S/C19H19N5O2/c1-26-17-9-7-15(22-23-17)19(25)21-18-14-5-3-2-4-13(14)6-8-16(18)24-11-10-20-12-24/h2-5,7,9-12,16,18H,6,8H2,1H3,(H,21,25)/t16-,18-/m1/s1. The molecule has 4 rings (SSSR count). The van der Waals surface area contributed by atoms with Crippen LogP contribution < -0.4 is 10.1 Å². The molecule has 1 aliphatic carbocycles. The third-order valence-electron chi connectivity index (χ3n) is 4.76. The van der Waals surface area contributed by atoms with Crippen molar-refractivity contribution >= 4 is 5.91 Å². The Bertz CT molecular complexity index is 893. The first kappa shape index (κ1) is 16.3. The smallest absolute Gasteiger partial charge is 0.272 e. The van der Waals surface area contributed by atoms with Crippen LogP contribution in [0.25, 0.3) is 0 Å². The lowest BCUT2D eigenvalue weighted by Crippen LogP contribution is -2.37. The van der Waals surface area contributed by atoms with Gasteiger partial charge in [-0.05, 0) is 30.0 Å². The summed E-state index contributed by atoms with van der Waals surface area (Å²) in [6.07, 6.45) is 7.38. The van der Waals surface area contributed by atoms with Gasteiger partial charge in [0.2, 0.25) is 5.88 Å². The van der Waals surface area contributed by atoms with Crippen molar-refractivity contribution in [1.82, 2.24) is 25.1 Å². The number of carbonyl (C=O) groups is 1. The number of rotatable bonds is 4. The Kier molecular flexibility index (Phi) is 4.35. The molecule has 1 aliphatic rings. The third kappa shape index (κ3) is 3.03. The van der Waals surface area contributed by atoms with E-state index in [4.69, 9.17) is 4.74 Å². The first-order valence-corrected chi connectivity index (χ1v) is 8.50. The topological polar surface area (TPSA) is 81.9 Å². The Morgan fingerprint density at radius 2 is 2.12 bits per heavy atom. The van der Waals surface area contributed by atoms with Crippen molar-refractivity contribution in [2.75, 3.05) is 7.11 Å². The average molecular weight is 349 g/mol. The number of methoxy groups -OCH3 is 1. The molecule has 0 saturated heterocycles. The van der Waals surface area contributed by atoms with Gasteiger partial charge in [0.1, 0.15) is 0 Å². The Balaban J connectivity index is 1.64. The Labute approximate surface area is 151 Å². The minimum Gasteiger partial charge on any atom is -0.480 e. The normalized spacial score (nSPS) is 18.8. The van der Waals surface area contributed by atoms with E-state index in [0.717, 1.165) is 18.4 Å². The number of amides is 1. The molecule has 132 valence electrons. The number of imidazole rings is 1. The van der Waals surface area contributed by atoms with Gasteiger partial charge in [0.15, 0.2) is 5.69 Å². The lowest BCUT2D eigenvalue weighted by Gasteiger charge is -2.34. The monoisotopic (exact) mass is 349 g/mol. The van der Waals surface area contributed by atoms with Crippen LogP contribution in [-0.2, 0) is 6.42 Å². The highest BCUT2D eigenvalue weighted by atomic mass is 16.5. The fourth-order valence-electron chi connectivity index (χ4n) is 3.47. The molecule has 2 heterocycles. The minimum atomic E-state index is -0.257. The van der Waals surface area contributed by atoms with Gasteiger partial charge in [0.25, 0.3) is 5.91 Å². The molecule has 1 aromatic carbocycles. The van der Waals surface area contributed by atoms with Crippen LogP contribution in [0.1, 0.15) is 40.1 Å². The van der Waals surface area contributed by atoms with Crippen LogP contribution in [-0.4, -0.2) is 32.8 Å². The van der Waals surface area contributed by atoms with Crippen LogP contribution in [0.5, 0.6) is 5.88 Å². The number of aromatic nitrogens is 4. The van der Waals surface area contributed by atoms with Gasteiger partial charge < -0.3 is 14.6 Å². The highest BCUT2D eigenvalue weighted by Gasteiger charge is 2.32. The van der Waals surface area contributed by atoms with Gasteiger partial charge in [0.05, 0.1) is 25.5 Å². The van der Waals surface area contributed by atoms with E-state index in [9.17, 15) is 4.79 Å². The minimum absolute atomic E-state index is 0.0996. The zero-order valence-corrected chi connectivity index (χ0v) is 14.4. The molecule has 2 atom stereocenters. The molecule has 7 heteroatoms. The molecule has 26 heavy (non-hydrogen) atoms. The van der Waals surface area contributed by atoms with Gasteiger partial charge in [-0.25, -0.2) is 4.98 Å². The highest BCUT2D eigenvalue weighted by molar-refractivity contribution is 5.92. The Hall–Kier alpha value is -3.22. The van der Waals surface area contributed by atoms with Crippen molar-refractivity contribution in [3.05, 3.63) is 71.9 Å². The molecule has 1 amide bonds. The summed E-state index contributed by atoms with van der Waals surface area (Å²) in [5.74, 6) is 0.118. The predicted octanol–water partition coefficient (Wildman–Crippen LogP) is 2.34. The summed E-state index contributed by atoms with van der Waals surface area (Å²) in [5.41, 5.74) is 2.65. The first-order chi connectivity index (χ1) is 12.8. The molecule has 0 radical (unpaired) electrons. The molecule has 0 saturated carbocycles. The second-order valence-electron chi connectivity index (χ2n) is 6.23. The fraction of sp³-hybridized carbons (Fsp3) is 0.263. The predicted molar refractivity (Wildman–Crippen MR) is 94.8 cm³/mol. The highest BCUT2D eigenvalue weighted by Crippen LogP contribution is 2.37. The molecule has 2 aromatic heterocycles. The first-order valence-electron chi connectivity index (χ1n) is 8.50. The second kappa shape index (κ2) is 6.95. The maximum atomic E-state index is 12.8. The summed E-state index contributed by atoms with van der Waals surface area (Å²) < 4.78 is 7.05. The molecule has 7 nitrogen and oxygen atoms in total. The molecule has 1 N–H and O–H groups in total. The van der Waals surface area contributed by atoms with Crippen molar-refractivity contribution in [2.45, 2.75) is 24.9 Å². The zero-order chi connectivity index (χ0) is 17.9. The SMILES string of the molecule is COc1ccc(C(=O)N[C@@H]2c3ccccc3CC[C@H]2n2ccnc2)nn1. The number of hydrogen-bond donors (Lipinski definition) is 1. The number of nitrogens with one attached hydrogen (secondary N) is 1. The van der Waals surface area contributed by atoms with Crippen LogP contribution >= 0.6 is 0 Å². The van der Waals surface area contributed by atoms with E-state index in [1.807, 2.05) is 18.3 Å². The molecule has 0 fully saturated rings. The van der Waals surface area contributed by atoms with Crippen LogP contribution in [0.4, 0.5) is 0 Å². The summed E-state index contributed by atoms with van der Waals surface area (Å²) in [5, 5.41) is 11.0.